The van der Waals surface area contributed by atoms with Crippen LogP contribution in [0.25, 0.3) is 22.3 Å². The molecule has 0 amide bonds. The number of fused-ring (bicyclic) bond motifs is 4. The molecule has 2 aliphatic rings. The molecule has 0 spiro atoms. The first kappa shape index (κ1) is 41.2. The van der Waals surface area contributed by atoms with Crippen LogP contribution in [0.3, 0.4) is 0 Å². The zero-order valence-corrected chi connectivity index (χ0v) is 38.7. The summed E-state index contributed by atoms with van der Waals surface area (Å²) in [6.07, 6.45) is 0. The molecular formula is C62H54BN3. The largest absolute Gasteiger partial charge is 0.311 e. The van der Waals surface area contributed by atoms with Crippen molar-refractivity contribution in [1.29, 1.82) is 0 Å². The third-order valence-corrected chi connectivity index (χ3v) is 13.6. The van der Waals surface area contributed by atoms with E-state index < -0.39 is 0 Å². The van der Waals surface area contributed by atoms with Gasteiger partial charge in [-0.1, -0.05) is 181 Å². The van der Waals surface area contributed by atoms with E-state index in [9.17, 15) is 0 Å². The highest BCUT2D eigenvalue weighted by molar-refractivity contribution is 7.00. The molecule has 0 aromatic heterocycles. The zero-order chi connectivity index (χ0) is 45.2. The Kier molecular flexibility index (Phi) is 10.1. The lowest BCUT2D eigenvalue weighted by Gasteiger charge is -2.44. The molecule has 2 heterocycles. The Bertz CT molecular complexity index is 3160. The van der Waals surface area contributed by atoms with Crippen LogP contribution in [0, 0.1) is 0 Å². The van der Waals surface area contributed by atoms with Gasteiger partial charge in [-0.25, -0.2) is 0 Å². The minimum atomic E-state index is -0.0150. The van der Waals surface area contributed by atoms with Gasteiger partial charge < -0.3 is 14.7 Å². The minimum absolute atomic E-state index is 0.0150. The maximum Gasteiger partial charge on any atom is 0.252 e. The van der Waals surface area contributed by atoms with Gasteiger partial charge in [-0.2, -0.15) is 0 Å². The summed E-state index contributed by atoms with van der Waals surface area (Å²) in [5.41, 5.74) is 21.8. The highest BCUT2D eigenvalue weighted by Crippen LogP contribution is 2.47. The summed E-state index contributed by atoms with van der Waals surface area (Å²) in [5, 5.41) is 0. The predicted octanol–water partition coefficient (Wildman–Crippen LogP) is 15.2. The summed E-state index contributed by atoms with van der Waals surface area (Å²) in [7, 11) is 0. The first-order valence-electron chi connectivity index (χ1n) is 23.3. The van der Waals surface area contributed by atoms with E-state index in [1.54, 1.807) is 0 Å². The van der Waals surface area contributed by atoms with Crippen molar-refractivity contribution in [3.8, 4) is 22.3 Å². The second-order valence-electron chi connectivity index (χ2n) is 19.9. The van der Waals surface area contributed by atoms with Crippen molar-refractivity contribution in [2.45, 2.75) is 52.4 Å². The maximum absolute atomic E-state index is 2.53. The molecule has 0 unspecified atom stereocenters. The van der Waals surface area contributed by atoms with E-state index in [0.717, 1.165) is 28.4 Å². The molecule has 0 radical (unpaired) electrons. The van der Waals surface area contributed by atoms with E-state index in [-0.39, 0.29) is 17.5 Å². The molecular weight excluding hydrogens is 798 g/mol. The van der Waals surface area contributed by atoms with Crippen molar-refractivity contribution in [3.05, 3.63) is 230 Å². The highest BCUT2D eigenvalue weighted by Gasteiger charge is 2.43. The Morgan fingerprint density at radius 1 is 0.333 bits per heavy atom. The summed E-state index contributed by atoms with van der Waals surface area (Å²) in [6, 6.07) is 80.9. The first-order valence-corrected chi connectivity index (χ1v) is 23.3. The maximum atomic E-state index is 2.53. The second-order valence-corrected chi connectivity index (χ2v) is 19.9. The smallest absolute Gasteiger partial charge is 0.252 e. The van der Waals surface area contributed by atoms with Crippen molar-refractivity contribution in [1.82, 2.24) is 0 Å². The molecule has 0 N–H and O–H groups in total. The van der Waals surface area contributed by atoms with Gasteiger partial charge >= 0.3 is 0 Å². The number of hydrogen-bond donors (Lipinski definition) is 0. The Balaban J connectivity index is 1.14. The molecule has 0 saturated heterocycles. The van der Waals surface area contributed by atoms with Crippen LogP contribution in [-0.4, -0.2) is 6.71 Å². The number of rotatable bonds is 7. The lowest BCUT2D eigenvalue weighted by molar-refractivity contribution is 0.590. The van der Waals surface area contributed by atoms with Gasteiger partial charge in [-0.05, 0) is 139 Å². The molecule has 66 heavy (non-hydrogen) atoms. The van der Waals surface area contributed by atoms with Crippen LogP contribution in [0.15, 0.2) is 218 Å². The molecule has 0 atom stereocenters. The van der Waals surface area contributed by atoms with E-state index in [4.69, 9.17) is 0 Å². The van der Waals surface area contributed by atoms with Crippen LogP contribution in [0.4, 0.5) is 51.2 Å². The fourth-order valence-electron chi connectivity index (χ4n) is 10.1. The van der Waals surface area contributed by atoms with E-state index in [1.165, 1.54) is 72.5 Å². The van der Waals surface area contributed by atoms with Crippen LogP contribution >= 0.6 is 0 Å². The van der Waals surface area contributed by atoms with Gasteiger partial charge in [0.15, 0.2) is 0 Å². The topological polar surface area (TPSA) is 9.72 Å². The van der Waals surface area contributed by atoms with Crippen molar-refractivity contribution < 1.29 is 0 Å². The fourth-order valence-corrected chi connectivity index (χ4v) is 10.1. The molecule has 0 fully saturated rings. The number of para-hydroxylation sites is 3. The van der Waals surface area contributed by atoms with Crippen LogP contribution in [-0.2, 0) is 10.8 Å². The van der Waals surface area contributed by atoms with Crippen LogP contribution < -0.4 is 31.1 Å². The second kappa shape index (κ2) is 16.2. The van der Waals surface area contributed by atoms with Gasteiger partial charge in [0.1, 0.15) is 0 Å². The molecule has 2 aliphatic heterocycles. The Labute approximate surface area is 391 Å². The fraction of sp³-hybridized carbons (Fsp3) is 0.129. The summed E-state index contributed by atoms with van der Waals surface area (Å²) in [4.78, 5) is 7.39. The quantitative estimate of drug-likeness (QED) is 0.148. The van der Waals surface area contributed by atoms with Crippen molar-refractivity contribution >= 4 is 74.3 Å². The molecule has 11 rings (SSSR count). The number of hydrogen-bond acceptors (Lipinski definition) is 3. The van der Waals surface area contributed by atoms with Gasteiger partial charge in [-0.15, -0.1) is 0 Å². The average molecular weight is 852 g/mol. The zero-order valence-electron chi connectivity index (χ0n) is 38.7. The minimum Gasteiger partial charge on any atom is -0.311 e. The predicted molar refractivity (Wildman–Crippen MR) is 283 cm³/mol. The molecule has 0 aliphatic carbocycles. The molecule has 9 aromatic carbocycles. The van der Waals surface area contributed by atoms with Gasteiger partial charge in [0.05, 0.1) is 0 Å². The summed E-state index contributed by atoms with van der Waals surface area (Å²) in [6.45, 7) is 13.7. The van der Waals surface area contributed by atoms with Gasteiger partial charge in [-0.3, -0.25) is 0 Å². The van der Waals surface area contributed by atoms with Gasteiger partial charge in [0.25, 0.3) is 6.71 Å². The SMILES string of the molecule is CC(C)(C)c1ccc(-c2cccc(N3c4cc(-c5ccc(C(C)(C)C)cc5)ccc4B4c5ccc(N(c6ccccc6)c6ccccc6)cc5N(c5ccccc5)c5cccc3c54)c2)cc1. The molecule has 4 heteroatoms. The number of benzene rings is 9. The standard InChI is InChI=1S/C62H54BN3/c1-61(2,3)47-33-28-43(29-34-47)45-18-16-25-52(40-45)66-57-27-17-26-56-60(57)63(54-38-32-46(41-58(54)66)44-30-35-48(36-31-44)62(4,5)6)55-39-37-53(42-59(55)65(56)51-23-14-9-15-24-51)64(49-19-10-7-11-20-49)50-21-12-8-13-22-50/h7-42H,1-6H3. The number of anilines is 9. The summed E-state index contributed by atoms with van der Waals surface area (Å²) in [5.74, 6) is 0. The number of nitrogens with zero attached hydrogens (tertiary/aromatic N) is 3. The Morgan fingerprint density at radius 3 is 1.32 bits per heavy atom. The monoisotopic (exact) mass is 851 g/mol. The molecule has 0 saturated carbocycles. The van der Waals surface area contributed by atoms with Crippen molar-refractivity contribution in [3.63, 3.8) is 0 Å². The molecule has 320 valence electrons. The van der Waals surface area contributed by atoms with E-state index in [0.29, 0.717) is 0 Å². The van der Waals surface area contributed by atoms with Crippen molar-refractivity contribution in [2.75, 3.05) is 14.7 Å². The third kappa shape index (κ3) is 7.27. The lowest BCUT2D eigenvalue weighted by atomic mass is 9.33. The molecule has 0 bridgehead atoms. The summed E-state index contributed by atoms with van der Waals surface area (Å²) >= 11 is 0. The van der Waals surface area contributed by atoms with Gasteiger partial charge in [0.2, 0.25) is 0 Å². The Morgan fingerprint density at radius 2 is 0.773 bits per heavy atom. The van der Waals surface area contributed by atoms with E-state index in [2.05, 4.69) is 275 Å². The van der Waals surface area contributed by atoms with Gasteiger partial charge in [0, 0.05) is 51.2 Å². The van der Waals surface area contributed by atoms with E-state index >= 15 is 0 Å². The summed E-state index contributed by atoms with van der Waals surface area (Å²) < 4.78 is 0. The van der Waals surface area contributed by atoms with Crippen LogP contribution in [0.5, 0.6) is 0 Å². The van der Waals surface area contributed by atoms with E-state index in [1.807, 2.05) is 0 Å². The first-order chi connectivity index (χ1) is 32.0. The molecule has 3 nitrogen and oxygen atoms in total. The Hall–Kier alpha value is -7.56. The van der Waals surface area contributed by atoms with Crippen molar-refractivity contribution in [2.24, 2.45) is 0 Å². The van der Waals surface area contributed by atoms with Crippen LogP contribution in [0.2, 0.25) is 0 Å². The molecule has 9 aromatic rings. The van der Waals surface area contributed by atoms with Crippen LogP contribution in [0.1, 0.15) is 52.7 Å². The average Bonchev–Trinajstić information content (AvgIpc) is 3.34. The lowest BCUT2D eigenvalue weighted by Crippen LogP contribution is -2.61. The normalized spacial score (nSPS) is 12.9. The highest BCUT2D eigenvalue weighted by atomic mass is 15.2. The third-order valence-electron chi connectivity index (χ3n) is 13.6.